The van der Waals surface area contributed by atoms with Gasteiger partial charge in [0.2, 0.25) is 18.4 Å². The number of ether oxygens (including phenoxy) is 3. The van der Waals surface area contributed by atoms with Crippen molar-refractivity contribution in [3.8, 4) is 11.5 Å². The Morgan fingerprint density at radius 1 is 1.11 bits per heavy atom. The van der Waals surface area contributed by atoms with Crippen LogP contribution in [0.3, 0.4) is 0 Å². The van der Waals surface area contributed by atoms with Gasteiger partial charge in [0.15, 0.2) is 23.3 Å². The van der Waals surface area contributed by atoms with Crippen molar-refractivity contribution < 1.29 is 27.7 Å². The number of nitrogens with zero attached hydrogens (tertiary/aromatic N) is 1. The molecule has 140 valence electrons. The van der Waals surface area contributed by atoms with Crippen LogP contribution >= 0.6 is 0 Å². The Balaban J connectivity index is 1.65. The van der Waals surface area contributed by atoms with Crippen molar-refractivity contribution in [1.29, 1.82) is 0 Å². The van der Waals surface area contributed by atoms with Crippen molar-refractivity contribution in [1.82, 2.24) is 4.83 Å². The maximum absolute atomic E-state index is 12.3. The summed E-state index contributed by atoms with van der Waals surface area (Å²) >= 11 is 0. The molecule has 2 aliphatic rings. The minimum atomic E-state index is -3.92. The minimum absolute atomic E-state index is 0.0318. The van der Waals surface area contributed by atoms with Crippen molar-refractivity contribution in [2.75, 3.05) is 6.79 Å². The van der Waals surface area contributed by atoms with Gasteiger partial charge in [-0.2, -0.15) is 18.4 Å². The van der Waals surface area contributed by atoms with Crippen LogP contribution in [0, 0.1) is 0 Å². The Morgan fingerprint density at radius 3 is 2.63 bits per heavy atom. The Labute approximate surface area is 154 Å². The zero-order valence-corrected chi connectivity index (χ0v) is 14.6. The van der Waals surface area contributed by atoms with E-state index in [1.54, 1.807) is 36.4 Å². The van der Waals surface area contributed by atoms with E-state index in [2.05, 4.69) is 9.93 Å². The number of aliphatic hydroxyl groups is 1. The number of benzene rings is 2. The number of hydrogen-bond donors (Lipinski definition) is 3. The molecule has 9 nitrogen and oxygen atoms in total. The van der Waals surface area contributed by atoms with Gasteiger partial charge in [0.1, 0.15) is 0 Å². The van der Waals surface area contributed by atoms with Crippen molar-refractivity contribution in [3.05, 3.63) is 65.7 Å². The molecule has 0 spiro atoms. The summed E-state index contributed by atoms with van der Waals surface area (Å²) in [5.74, 6) is 0.388. The van der Waals surface area contributed by atoms with Crippen LogP contribution in [0.1, 0.15) is 11.7 Å². The number of nitrogens with one attached hydrogen (secondary N) is 1. The first kappa shape index (κ1) is 17.0. The van der Waals surface area contributed by atoms with E-state index >= 15 is 0 Å². The molecule has 1 atom stereocenters. The van der Waals surface area contributed by atoms with Gasteiger partial charge >= 0.3 is 0 Å². The lowest BCUT2D eigenvalue weighted by Crippen LogP contribution is -2.22. The molecular weight excluding hydrogens is 374 g/mol. The van der Waals surface area contributed by atoms with Gasteiger partial charge in [-0.15, -0.1) is 0 Å². The Hall–Kier alpha value is -3.40. The summed E-state index contributed by atoms with van der Waals surface area (Å²) in [7, 11) is -3.92. The van der Waals surface area contributed by atoms with Gasteiger partial charge in [-0.05, 0) is 24.3 Å². The van der Waals surface area contributed by atoms with Crippen molar-refractivity contribution in [2.24, 2.45) is 10.8 Å². The molecule has 0 saturated heterocycles. The molecule has 0 saturated carbocycles. The summed E-state index contributed by atoms with van der Waals surface area (Å²) in [6.07, 6.45) is -0.905. The first-order chi connectivity index (χ1) is 13.0. The minimum Gasteiger partial charge on any atom is -0.502 e. The van der Waals surface area contributed by atoms with Gasteiger partial charge in [-0.25, -0.2) is 0 Å². The van der Waals surface area contributed by atoms with Gasteiger partial charge in [0.25, 0.3) is 10.0 Å². The summed E-state index contributed by atoms with van der Waals surface area (Å²) in [5.41, 5.74) is 6.15. The van der Waals surface area contributed by atoms with Crippen LogP contribution in [0.5, 0.6) is 11.5 Å². The van der Waals surface area contributed by atoms with E-state index < -0.39 is 21.9 Å². The van der Waals surface area contributed by atoms with Gasteiger partial charge < -0.3 is 25.1 Å². The Kier molecular flexibility index (Phi) is 4.04. The average Bonchev–Trinajstić information content (AvgIpc) is 3.25. The molecule has 0 radical (unpaired) electrons. The number of rotatable bonds is 4. The number of hydrazone groups is 1. The highest BCUT2D eigenvalue weighted by Crippen LogP contribution is 2.38. The standard InChI is InChI=1S/C17H15N3O6S/c18-17-15(21)14(19-20-27(22,23)11-4-2-1-3-5-11)16(26-17)10-6-7-12-13(8-10)25-9-24-12/h1-8,16,20-21H,9,18H2/b19-14-. The molecule has 2 aliphatic heterocycles. The van der Waals surface area contributed by atoms with E-state index in [9.17, 15) is 13.5 Å². The maximum atomic E-state index is 12.3. The highest BCUT2D eigenvalue weighted by atomic mass is 32.2. The molecule has 10 heteroatoms. The number of sulfonamides is 1. The average molecular weight is 389 g/mol. The van der Waals surface area contributed by atoms with E-state index in [0.717, 1.165) is 0 Å². The molecule has 1 unspecified atom stereocenters. The third-order valence-corrected chi connectivity index (χ3v) is 5.23. The molecule has 4 N–H and O–H groups in total. The van der Waals surface area contributed by atoms with Crippen LogP contribution in [-0.4, -0.2) is 26.0 Å². The quantitative estimate of drug-likeness (QED) is 0.675. The van der Waals surface area contributed by atoms with Gasteiger partial charge in [0.05, 0.1) is 4.90 Å². The number of fused-ring (bicyclic) bond motifs is 1. The fraction of sp³-hybridized carbons (Fsp3) is 0.118. The second-order valence-corrected chi connectivity index (χ2v) is 7.39. The molecule has 0 aliphatic carbocycles. The number of hydrogen-bond acceptors (Lipinski definition) is 8. The van der Waals surface area contributed by atoms with Crippen LogP contribution in [-0.2, 0) is 14.8 Å². The molecule has 2 aromatic carbocycles. The first-order valence-corrected chi connectivity index (χ1v) is 9.34. The third kappa shape index (κ3) is 3.10. The Morgan fingerprint density at radius 2 is 1.85 bits per heavy atom. The van der Waals surface area contributed by atoms with Crippen LogP contribution in [0.15, 0.2) is 70.2 Å². The third-order valence-electron chi connectivity index (χ3n) is 4.01. The van der Waals surface area contributed by atoms with Crippen LogP contribution < -0.4 is 20.0 Å². The highest BCUT2D eigenvalue weighted by molar-refractivity contribution is 7.89. The summed E-state index contributed by atoms with van der Waals surface area (Å²) < 4.78 is 40.7. The molecule has 0 aromatic heterocycles. The van der Waals surface area contributed by atoms with Crippen molar-refractivity contribution in [3.63, 3.8) is 0 Å². The predicted octanol–water partition coefficient (Wildman–Crippen LogP) is 1.51. The molecular formula is C17H15N3O6S. The summed E-state index contributed by atoms with van der Waals surface area (Å²) in [6.45, 7) is 0.105. The monoisotopic (exact) mass is 389 g/mol. The Bertz CT molecular complexity index is 1050. The maximum Gasteiger partial charge on any atom is 0.276 e. The first-order valence-electron chi connectivity index (χ1n) is 7.85. The van der Waals surface area contributed by atoms with Crippen molar-refractivity contribution >= 4 is 15.7 Å². The lowest BCUT2D eigenvalue weighted by atomic mass is 10.0. The fourth-order valence-corrected chi connectivity index (χ4v) is 3.50. The molecule has 0 amide bonds. The second-order valence-electron chi connectivity index (χ2n) is 5.73. The van der Waals surface area contributed by atoms with Gasteiger partial charge in [0, 0.05) is 5.56 Å². The lowest BCUT2D eigenvalue weighted by molar-refractivity contribution is 0.172. The summed E-state index contributed by atoms with van der Waals surface area (Å²) in [4.78, 5) is 2.13. The van der Waals surface area contributed by atoms with Gasteiger partial charge in [-0.1, -0.05) is 24.3 Å². The zero-order valence-electron chi connectivity index (χ0n) is 13.8. The smallest absolute Gasteiger partial charge is 0.276 e. The fourth-order valence-electron chi connectivity index (χ4n) is 2.66. The largest absolute Gasteiger partial charge is 0.502 e. The summed E-state index contributed by atoms with van der Waals surface area (Å²) in [6, 6.07) is 12.7. The lowest BCUT2D eigenvalue weighted by Gasteiger charge is -2.13. The second kappa shape index (κ2) is 6.40. The van der Waals surface area contributed by atoms with Crippen molar-refractivity contribution in [2.45, 2.75) is 11.0 Å². The molecule has 0 fully saturated rings. The van der Waals surface area contributed by atoms with Crippen LogP contribution in [0.25, 0.3) is 0 Å². The van der Waals surface area contributed by atoms with E-state index in [4.69, 9.17) is 19.9 Å². The van der Waals surface area contributed by atoms with E-state index in [1.807, 2.05) is 0 Å². The molecule has 27 heavy (non-hydrogen) atoms. The van der Waals surface area contributed by atoms with E-state index in [1.165, 1.54) is 12.1 Å². The SMILES string of the molecule is NC1=C(O)/C(=N/NS(=O)(=O)c2ccccc2)C(c2ccc3c(c2)OCO3)O1. The topological polar surface area (TPSA) is 132 Å². The van der Waals surface area contributed by atoms with E-state index in [-0.39, 0.29) is 23.3 Å². The van der Waals surface area contributed by atoms with E-state index in [0.29, 0.717) is 17.1 Å². The molecule has 2 aromatic rings. The van der Waals surface area contributed by atoms with Crippen LogP contribution in [0.2, 0.25) is 0 Å². The number of nitrogens with two attached hydrogens (primary N) is 1. The molecule has 0 bridgehead atoms. The number of aliphatic hydroxyl groups excluding tert-OH is 1. The molecule has 4 rings (SSSR count). The zero-order chi connectivity index (χ0) is 19.0. The highest BCUT2D eigenvalue weighted by Gasteiger charge is 2.35. The normalized spacial score (nSPS) is 20.0. The van der Waals surface area contributed by atoms with Gasteiger partial charge in [-0.3, -0.25) is 0 Å². The van der Waals surface area contributed by atoms with Crippen LogP contribution in [0.4, 0.5) is 0 Å². The molecule has 2 heterocycles. The summed E-state index contributed by atoms with van der Waals surface area (Å²) in [5, 5.41) is 14.0. The predicted molar refractivity (Wildman–Crippen MR) is 94.4 cm³/mol.